The predicted octanol–water partition coefficient (Wildman–Crippen LogP) is -0.767. The van der Waals surface area contributed by atoms with Crippen molar-refractivity contribution in [3.63, 3.8) is 0 Å². The summed E-state index contributed by atoms with van der Waals surface area (Å²) < 4.78 is 26.3. The average Bonchev–Trinajstić information content (AvgIpc) is 3.00. The van der Waals surface area contributed by atoms with Crippen molar-refractivity contribution in [1.82, 2.24) is 9.55 Å². The minimum atomic E-state index is -4.82. The molecule has 4 unspecified atom stereocenters. The van der Waals surface area contributed by atoms with E-state index in [-0.39, 0.29) is 5.82 Å². The summed E-state index contributed by atoms with van der Waals surface area (Å²) >= 11 is 0. The van der Waals surface area contributed by atoms with Crippen LogP contribution in [0.2, 0.25) is 0 Å². The van der Waals surface area contributed by atoms with Gasteiger partial charge in [-0.3, -0.25) is 13.9 Å². The summed E-state index contributed by atoms with van der Waals surface area (Å²) in [6, 6.07) is 7.53. The fourth-order valence-corrected chi connectivity index (χ4v) is 3.22. The molecule has 2 heterocycles. The van der Waals surface area contributed by atoms with Gasteiger partial charge >= 0.3 is 13.5 Å². The van der Waals surface area contributed by atoms with Crippen molar-refractivity contribution in [2.24, 2.45) is 0 Å². The Morgan fingerprint density at radius 1 is 1.23 bits per heavy atom. The highest BCUT2D eigenvalue weighted by atomic mass is 31.2. The van der Waals surface area contributed by atoms with Crippen molar-refractivity contribution < 1.29 is 43.4 Å². The summed E-state index contributed by atoms with van der Waals surface area (Å²) in [5.41, 5.74) is -0.599. The predicted molar refractivity (Wildman–Crippen MR) is 103 cm³/mol. The van der Waals surface area contributed by atoms with E-state index in [1.54, 1.807) is 12.1 Å². The first-order chi connectivity index (χ1) is 14.6. The number of phosphoric ester groups is 1. The molecule has 3 rings (SSSR count). The minimum absolute atomic E-state index is 0.0588. The number of aliphatic hydroxyl groups is 2. The number of nitrogens with zero attached hydrogens (tertiary/aromatic N) is 2. The highest BCUT2D eigenvalue weighted by Gasteiger charge is 2.45. The van der Waals surface area contributed by atoms with E-state index in [1.165, 1.54) is 31.5 Å². The molecule has 5 N–H and O–H groups in total. The molecule has 1 aromatic carbocycles. The van der Waals surface area contributed by atoms with Gasteiger partial charge in [0.1, 0.15) is 29.9 Å². The maximum atomic E-state index is 12.4. The van der Waals surface area contributed by atoms with Crippen LogP contribution < -0.4 is 15.7 Å². The number of rotatable bonds is 7. The monoisotopic (exact) mass is 457 g/mol. The van der Waals surface area contributed by atoms with Crippen molar-refractivity contribution in [1.29, 1.82) is 0 Å². The number of aliphatic hydroxyl groups excluding tert-OH is 2. The summed E-state index contributed by atoms with van der Waals surface area (Å²) in [4.78, 5) is 45.9. The van der Waals surface area contributed by atoms with Crippen molar-refractivity contribution >= 4 is 19.5 Å². The molecule has 1 fully saturated rings. The summed E-state index contributed by atoms with van der Waals surface area (Å²) in [7, 11) is -3.33. The fraction of sp³-hybridized carbons (Fsp3) is 0.353. The smallest absolute Gasteiger partial charge is 0.469 e. The molecule has 1 aliphatic rings. The number of aromatic nitrogens is 2. The Morgan fingerprint density at radius 3 is 2.48 bits per heavy atom. The van der Waals surface area contributed by atoms with Gasteiger partial charge in [0, 0.05) is 11.8 Å². The summed E-state index contributed by atoms with van der Waals surface area (Å²) in [5.74, 6) is -0.00917. The molecule has 0 aliphatic carbocycles. The zero-order chi connectivity index (χ0) is 22.8. The number of nitrogens with one attached hydrogen (secondary N) is 1. The van der Waals surface area contributed by atoms with Gasteiger partial charge in [0.25, 0.3) is 5.91 Å². The fourth-order valence-electron chi connectivity index (χ4n) is 2.87. The minimum Gasteiger partial charge on any atom is -0.497 e. The van der Waals surface area contributed by atoms with Gasteiger partial charge in [-0.1, -0.05) is 0 Å². The Morgan fingerprint density at radius 2 is 1.90 bits per heavy atom. The number of phosphoric acid groups is 1. The molecule has 4 atom stereocenters. The van der Waals surface area contributed by atoms with Crippen molar-refractivity contribution in [3.05, 3.63) is 52.6 Å². The standard InChI is InChI=1S/C17H20N3O10P/c1-28-10-4-2-9(3-5-10)15(23)18-12-6-7-20(17(24)19-12)16-14(22)13(21)11(30-16)8-29-31(25,26)27/h2-7,11,13-14,16,21-22H,8H2,1H3,(H2,25,26,27)(H,18,19,23,24). The van der Waals surface area contributed by atoms with Gasteiger partial charge in [0.05, 0.1) is 13.7 Å². The Bertz CT molecular complexity index is 1040. The van der Waals surface area contributed by atoms with Gasteiger partial charge in [0.15, 0.2) is 6.23 Å². The number of hydrogen-bond donors (Lipinski definition) is 5. The Hall–Kier alpha value is -2.64. The maximum absolute atomic E-state index is 12.4. The number of methoxy groups -OCH3 is 1. The third kappa shape index (κ3) is 5.54. The molecule has 2 aromatic rings. The largest absolute Gasteiger partial charge is 0.497 e. The van der Waals surface area contributed by atoms with Crippen LogP contribution in [0.1, 0.15) is 16.6 Å². The highest BCUT2D eigenvalue weighted by molar-refractivity contribution is 7.46. The number of hydrogen-bond acceptors (Lipinski definition) is 9. The lowest BCUT2D eigenvalue weighted by molar-refractivity contribution is -0.0542. The number of ether oxygens (including phenoxy) is 2. The molecule has 1 amide bonds. The van der Waals surface area contributed by atoms with Crippen LogP contribution in [0.3, 0.4) is 0 Å². The van der Waals surface area contributed by atoms with Crippen LogP contribution >= 0.6 is 7.82 Å². The molecular weight excluding hydrogens is 437 g/mol. The first-order valence-electron chi connectivity index (χ1n) is 8.85. The second kappa shape index (κ2) is 9.24. The molecule has 0 spiro atoms. The van der Waals surface area contributed by atoms with E-state index in [2.05, 4.69) is 14.8 Å². The number of carbonyl (C=O) groups excluding carboxylic acids is 1. The second-order valence-electron chi connectivity index (χ2n) is 6.52. The van der Waals surface area contributed by atoms with E-state index in [4.69, 9.17) is 19.3 Å². The van der Waals surface area contributed by atoms with Crippen LogP contribution in [0.4, 0.5) is 5.82 Å². The van der Waals surface area contributed by atoms with Crippen molar-refractivity contribution in [3.8, 4) is 5.75 Å². The maximum Gasteiger partial charge on any atom is 0.469 e. The third-order valence-corrected chi connectivity index (χ3v) is 4.93. The second-order valence-corrected chi connectivity index (χ2v) is 7.76. The van der Waals surface area contributed by atoms with Crippen molar-refractivity contribution in [2.45, 2.75) is 24.5 Å². The molecule has 1 aromatic heterocycles. The number of benzene rings is 1. The zero-order valence-corrected chi connectivity index (χ0v) is 17.0. The van der Waals surface area contributed by atoms with Gasteiger partial charge < -0.3 is 34.8 Å². The van der Waals surface area contributed by atoms with E-state index in [9.17, 15) is 24.4 Å². The van der Waals surface area contributed by atoms with Gasteiger partial charge in [-0.25, -0.2) is 9.36 Å². The van der Waals surface area contributed by atoms with E-state index >= 15 is 0 Å². The molecule has 1 saturated heterocycles. The SMILES string of the molecule is COc1ccc(C(=O)Nc2ccn(C3OC(COP(=O)(O)O)C(O)C3O)c(=O)n2)cc1. The Kier molecular flexibility index (Phi) is 6.86. The summed E-state index contributed by atoms with van der Waals surface area (Å²) in [6.07, 6.45) is -4.66. The lowest BCUT2D eigenvalue weighted by atomic mass is 10.1. The molecule has 1 aliphatic heterocycles. The first-order valence-corrected chi connectivity index (χ1v) is 10.4. The molecule has 0 saturated carbocycles. The molecule has 31 heavy (non-hydrogen) atoms. The van der Waals surface area contributed by atoms with Gasteiger partial charge in [-0.2, -0.15) is 4.98 Å². The quantitative estimate of drug-likeness (QED) is 0.328. The van der Waals surface area contributed by atoms with E-state index in [0.717, 1.165) is 4.57 Å². The van der Waals surface area contributed by atoms with E-state index < -0.39 is 50.6 Å². The van der Waals surface area contributed by atoms with Crippen LogP contribution in [-0.2, 0) is 13.8 Å². The highest BCUT2D eigenvalue weighted by Crippen LogP contribution is 2.38. The number of anilines is 1. The number of amides is 1. The molecular formula is C17H20N3O10P. The molecule has 0 radical (unpaired) electrons. The normalized spacial score (nSPS) is 23.5. The summed E-state index contributed by atoms with van der Waals surface area (Å²) in [6.45, 7) is -0.711. The average molecular weight is 457 g/mol. The lowest BCUT2D eigenvalue weighted by Crippen LogP contribution is -2.36. The van der Waals surface area contributed by atoms with Gasteiger partial charge in [0.2, 0.25) is 0 Å². The zero-order valence-electron chi connectivity index (χ0n) is 16.1. The van der Waals surface area contributed by atoms with Crippen molar-refractivity contribution in [2.75, 3.05) is 19.0 Å². The molecule has 13 nitrogen and oxygen atoms in total. The lowest BCUT2D eigenvalue weighted by Gasteiger charge is -2.17. The number of carbonyl (C=O) groups is 1. The Labute approximate surface area is 175 Å². The van der Waals surface area contributed by atoms with E-state index in [1.807, 2.05) is 0 Å². The summed E-state index contributed by atoms with van der Waals surface area (Å²) in [5, 5.41) is 22.6. The Balaban J connectivity index is 1.70. The van der Waals surface area contributed by atoms with Crippen LogP contribution in [0, 0.1) is 0 Å². The molecule has 0 bridgehead atoms. The topological polar surface area (TPSA) is 190 Å². The van der Waals surface area contributed by atoms with Gasteiger partial charge in [-0.05, 0) is 30.3 Å². The van der Waals surface area contributed by atoms with Crippen LogP contribution in [0.25, 0.3) is 0 Å². The molecule has 14 heteroatoms. The van der Waals surface area contributed by atoms with Crippen LogP contribution in [0.15, 0.2) is 41.3 Å². The van der Waals surface area contributed by atoms with Gasteiger partial charge in [-0.15, -0.1) is 0 Å². The van der Waals surface area contributed by atoms with Crippen LogP contribution in [0.5, 0.6) is 5.75 Å². The molecule has 168 valence electrons. The van der Waals surface area contributed by atoms with Crippen LogP contribution in [-0.4, -0.2) is 67.5 Å². The van der Waals surface area contributed by atoms with E-state index in [0.29, 0.717) is 11.3 Å². The third-order valence-electron chi connectivity index (χ3n) is 4.44. The first kappa shape index (κ1) is 23.0.